The molecular formula is C24H25BrP+. The van der Waals surface area contributed by atoms with Gasteiger partial charge in [-0.15, -0.1) is 0 Å². The second-order valence-electron chi connectivity index (χ2n) is 6.13. The Morgan fingerprint density at radius 2 is 1.27 bits per heavy atom. The Balaban J connectivity index is 1.92. The van der Waals surface area contributed by atoms with Gasteiger partial charge in [-0.2, -0.15) is 0 Å². The highest BCUT2D eigenvalue weighted by atomic mass is 79.9. The van der Waals surface area contributed by atoms with Crippen LogP contribution in [0.2, 0.25) is 0 Å². The van der Waals surface area contributed by atoms with Crippen molar-refractivity contribution in [2.75, 3.05) is 0 Å². The third-order valence-corrected chi connectivity index (χ3v) is 11.1. The van der Waals surface area contributed by atoms with E-state index >= 15 is 0 Å². The van der Waals surface area contributed by atoms with E-state index in [1.807, 2.05) is 6.92 Å². The molecule has 0 aliphatic heterocycles. The predicted molar refractivity (Wildman–Crippen MR) is 122 cm³/mol. The van der Waals surface area contributed by atoms with Gasteiger partial charge in [0.25, 0.3) is 0 Å². The highest BCUT2D eigenvalue weighted by Crippen LogP contribution is 2.62. The molecule has 2 heteroatoms. The van der Waals surface area contributed by atoms with E-state index in [0.717, 1.165) is 6.42 Å². The summed E-state index contributed by atoms with van der Waals surface area (Å²) >= 11 is 4.17. The molecule has 0 aliphatic rings. The molecule has 0 amide bonds. The largest absolute Gasteiger partial charge is 0.181 e. The zero-order valence-electron chi connectivity index (χ0n) is 17.0. The van der Waals surface area contributed by atoms with Gasteiger partial charge in [0, 0.05) is 0 Å². The van der Waals surface area contributed by atoms with Crippen LogP contribution in [0.25, 0.3) is 0 Å². The molecule has 0 nitrogen and oxygen atoms in total. The molecule has 0 bridgehead atoms. The number of aryl methyl sites for hydroxylation is 1. The quantitative estimate of drug-likeness (QED) is 0.312. The lowest BCUT2D eigenvalue weighted by atomic mass is 10.1. The Kier molecular flexibility index (Phi) is 5.90. The Hall–Kier alpha value is -1.69. The van der Waals surface area contributed by atoms with E-state index in [1.54, 1.807) is 0 Å². The maximum Gasteiger partial charge on any atom is 0.181 e. The lowest BCUT2D eigenvalue weighted by Crippen LogP contribution is -2.26. The molecule has 0 spiro atoms. The standard InChI is InChI=1S/C24H25BrP/c1-2-3-4-7-12-21-17-19-24(20-18-21)26(25,22-13-8-5-9-14-22)23-15-10-6-11-16-23/h3-6,8-11,13-20H,2,7,12H2,1H3/q+1/b4-3+/i3D,4D. The average molecular weight is 426 g/mol. The lowest BCUT2D eigenvalue weighted by Gasteiger charge is -2.20. The first kappa shape index (κ1) is 16.5. The maximum atomic E-state index is 7.98. The molecule has 3 rings (SSSR count). The van der Waals surface area contributed by atoms with Gasteiger partial charge in [-0.3, -0.25) is 0 Å². The lowest BCUT2D eigenvalue weighted by molar-refractivity contribution is 0.993. The van der Waals surface area contributed by atoms with Crippen LogP contribution in [-0.4, -0.2) is 0 Å². The molecule has 0 atom stereocenters. The number of benzene rings is 3. The van der Waals surface area contributed by atoms with Crippen molar-refractivity contribution < 1.29 is 2.74 Å². The minimum absolute atomic E-state index is 0.440. The zero-order valence-corrected chi connectivity index (χ0v) is 17.5. The normalized spacial score (nSPS) is 13.6. The zero-order chi connectivity index (χ0) is 20.0. The Bertz CT molecular complexity index is 882. The molecular weight excluding hydrogens is 399 g/mol. The smallest absolute Gasteiger partial charge is 0.0888 e. The molecule has 0 N–H and O–H groups in total. The van der Waals surface area contributed by atoms with Gasteiger partial charge in [0.15, 0.2) is 21.5 Å². The second kappa shape index (κ2) is 9.31. The SMILES string of the molecule is [2H]/C(CC)=C(/[2H])CCc1ccc([P+](Br)(c2ccccc2)c2ccccc2)cc1. The molecule has 0 saturated carbocycles. The van der Waals surface area contributed by atoms with Crippen molar-refractivity contribution in [1.29, 1.82) is 0 Å². The van der Waals surface area contributed by atoms with Crippen LogP contribution in [0.4, 0.5) is 0 Å². The summed E-state index contributed by atoms with van der Waals surface area (Å²) in [6, 6.07) is 30.9. The molecule has 0 fully saturated rings. The minimum Gasteiger partial charge on any atom is -0.0888 e. The summed E-state index contributed by atoms with van der Waals surface area (Å²) in [4.78, 5) is 0. The van der Waals surface area contributed by atoms with Crippen LogP contribution in [0.1, 0.15) is 28.1 Å². The number of halogens is 1. The molecule has 0 radical (unpaired) electrons. The van der Waals surface area contributed by atoms with Gasteiger partial charge in [-0.25, -0.2) is 0 Å². The molecule has 0 heterocycles. The number of allylic oxidation sites excluding steroid dienone is 2. The van der Waals surface area contributed by atoms with Gasteiger partial charge in [0.2, 0.25) is 0 Å². The summed E-state index contributed by atoms with van der Waals surface area (Å²) in [5.74, 6) is -1.87. The highest BCUT2D eigenvalue weighted by Gasteiger charge is 2.43. The molecule has 3 aromatic carbocycles. The second-order valence-corrected chi connectivity index (χ2v) is 12.1. The van der Waals surface area contributed by atoms with E-state index < -0.39 is 5.96 Å². The fourth-order valence-electron chi connectivity index (χ4n) is 3.00. The third-order valence-electron chi connectivity index (χ3n) is 4.36. The van der Waals surface area contributed by atoms with Crippen molar-refractivity contribution in [3.63, 3.8) is 0 Å². The van der Waals surface area contributed by atoms with Crippen LogP contribution in [0.5, 0.6) is 0 Å². The van der Waals surface area contributed by atoms with Crippen LogP contribution < -0.4 is 15.9 Å². The minimum atomic E-state index is -1.87. The number of rotatable bonds is 7. The van der Waals surface area contributed by atoms with Gasteiger partial charge < -0.3 is 0 Å². The fourth-order valence-corrected chi connectivity index (χ4v) is 7.75. The fraction of sp³-hybridized carbons (Fsp3) is 0.167. The van der Waals surface area contributed by atoms with Crippen LogP contribution >= 0.6 is 21.5 Å². The van der Waals surface area contributed by atoms with E-state index in [2.05, 4.69) is 100 Å². The van der Waals surface area contributed by atoms with Gasteiger partial charge in [0.05, 0.1) is 2.74 Å². The molecule has 26 heavy (non-hydrogen) atoms. The van der Waals surface area contributed by atoms with E-state index in [-0.39, 0.29) is 0 Å². The van der Waals surface area contributed by atoms with E-state index in [4.69, 9.17) is 2.74 Å². The van der Waals surface area contributed by atoms with Crippen molar-refractivity contribution >= 4 is 37.4 Å². The topological polar surface area (TPSA) is 0 Å². The summed E-state index contributed by atoms with van der Waals surface area (Å²) in [5, 5.41) is 3.88. The van der Waals surface area contributed by atoms with E-state index in [1.165, 1.54) is 21.5 Å². The monoisotopic (exact) mass is 425 g/mol. The van der Waals surface area contributed by atoms with Crippen LogP contribution in [0.3, 0.4) is 0 Å². The van der Waals surface area contributed by atoms with Crippen LogP contribution in [0, 0.1) is 0 Å². The van der Waals surface area contributed by atoms with Crippen molar-refractivity contribution in [3.05, 3.63) is 103 Å². The predicted octanol–water partition coefficient (Wildman–Crippen LogP) is 6.19. The first-order valence-electron chi connectivity index (χ1n) is 10.0. The number of hydrogen-bond donors (Lipinski definition) is 0. The summed E-state index contributed by atoms with van der Waals surface area (Å²) in [6.45, 7) is 1.93. The summed E-state index contributed by atoms with van der Waals surface area (Å²) < 4.78 is 15.8. The Morgan fingerprint density at radius 1 is 0.769 bits per heavy atom. The molecule has 0 saturated heterocycles. The maximum absolute atomic E-state index is 7.98. The van der Waals surface area contributed by atoms with Gasteiger partial charge in [-0.05, 0) is 61.2 Å². The first-order valence-corrected chi connectivity index (χ1v) is 12.8. The summed E-state index contributed by atoms with van der Waals surface area (Å²) in [5.41, 5.74) is 1.21. The van der Waals surface area contributed by atoms with Crippen LogP contribution in [0.15, 0.2) is 97.0 Å². The van der Waals surface area contributed by atoms with Crippen molar-refractivity contribution in [2.45, 2.75) is 26.2 Å². The van der Waals surface area contributed by atoms with E-state index in [0.29, 0.717) is 24.9 Å². The Morgan fingerprint density at radius 3 is 1.77 bits per heavy atom. The average Bonchev–Trinajstić information content (AvgIpc) is 2.77. The van der Waals surface area contributed by atoms with Crippen molar-refractivity contribution in [3.8, 4) is 0 Å². The molecule has 0 aromatic heterocycles. The highest BCUT2D eigenvalue weighted by molar-refractivity contribution is 9.44. The first-order chi connectivity index (χ1) is 13.6. The Labute approximate surface area is 168 Å². The van der Waals surface area contributed by atoms with Gasteiger partial charge >= 0.3 is 0 Å². The molecule has 0 unspecified atom stereocenters. The molecule has 132 valence electrons. The summed E-state index contributed by atoms with van der Waals surface area (Å²) in [7, 11) is 0. The van der Waals surface area contributed by atoms with Crippen LogP contribution in [-0.2, 0) is 6.42 Å². The van der Waals surface area contributed by atoms with Gasteiger partial charge in [-0.1, -0.05) is 67.6 Å². The summed E-state index contributed by atoms with van der Waals surface area (Å²) in [6.07, 6.45) is 2.05. The molecule has 0 aliphatic carbocycles. The van der Waals surface area contributed by atoms with Gasteiger partial charge in [0.1, 0.15) is 15.9 Å². The van der Waals surface area contributed by atoms with Crippen molar-refractivity contribution in [2.24, 2.45) is 0 Å². The third kappa shape index (κ3) is 4.34. The molecule has 3 aromatic rings. The number of hydrogen-bond acceptors (Lipinski definition) is 0. The van der Waals surface area contributed by atoms with Crippen molar-refractivity contribution in [1.82, 2.24) is 0 Å². The van der Waals surface area contributed by atoms with E-state index in [9.17, 15) is 0 Å².